The van der Waals surface area contributed by atoms with Crippen molar-refractivity contribution in [2.24, 2.45) is 0 Å². The molecule has 0 radical (unpaired) electrons. The minimum Gasteiger partial charge on any atom is -0.375 e. The number of alkyl halides is 1. The van der Waals surface area contributed by atoms with Crippen molar-refractivity contribution in [2.75, 3.05) is 13.2 Å². The van der Waals surface area contributed by atoms with E-state index >= 15 is 0 Å². The zero-order valence-electron chi connectivity index (χ0n) is 15.9. The number of rotatable bonds is 17. The Bertz CT molecular complexity index is 244. The summed E-state index contributed by atoms with van der Waals surface area (Å²) < 4.78 is 18.6. The molecule has 3 nitrogen and oxygen atoms in total. The lowest BCUT2D eigenvalue weighted by Crippen LogP contribution is -2.39. The highest BCUT2D eigenvalue weighted by Crippen LogP contribution is 2.19. The molecule has 0 aliphatic carbocycles. The van der Waals surface area contributed by atoms with Crippen LogP contribution in [0.1, 0.15) is 91.9 Å². The molecule has 140 valence electrons. The van der Waals surface area contributed by atoms with Gasteiger partial charge in [0.05, 0.1) is 13.2 Å². The standard InChI is InChI=1S/C18H39IO3Si/c1-5-8-11-12-13-14-17(19)23-22-18(4,20-15-9-6-2)21-16-10-7-3/h17H,5-16,23H2,1-4H3. The molecule has 0 saturated heterocycles. The van der Waals surface area contributed by atoms with Crippen molar-refractivity contribution in [2.45, 2.75) is 101 Å². The first kappa shape index (κ1) is 23.8. The van der Waals surface area contributed by atoms with Crippen molar-refractivity contribution >= 4 is 32.4 Å². The smallest absolute Gasteiger partial charge is 0.269 e. The first-order valence-corrected chi connectivity index (χ1v) is 12.3. The number of unbranched alkanes of at least 4 members (excludes halogenated alkanes) is 6. The molecule has 0 rings (SSSR count). The average molecular weight is 458 g/mol. The summed E-state index contributed by atoms with van der Waals surface area (Å²) in [6.07, 6.45) is 12.4. The largest absolute Gasteiger partial charge is 0.375 e. The van der Waals surface area contributed by atoms with Crippen LogP contribution in [0.3, 0.4) is 0 Å². The van der Waals surface area contributed by atoms with Gasteiger partial charge in [-0.05, 0) is 19.3 Å². The van der Waals surface area contributed by atoms with Gasteiger partial charge in [-0.2, -0.15) is 0 Å². The zero-order chi connectivity index (χ0) is 17.4. The molecule has 1 atom stereocenters. The van der Waals surface area contributed by atoms with E-state index in [1.807, 2.05) is 6.92 Å². The number of halogens is 1. The van der Waals surface area contributed by atoms with Gasteiger partial charge in [0.15, 0.2) is 9.76 Å². The third-order valence-electron chi connectivity index (χ3n) is 3.87. The van der Waals surface area contributed by atoms with Crippen LogP contribution in [0.5, 0.6) is 0 Å². The summed E-state index contributed by atoms with van der Waals surface area (Å²) in [6.45, 7) is 10.0. The van der Waals surface area contributed by atoms with Crippen molar-refractivity contribution in [3.8, 4) is 0 Å². The van der Waals surface area contributed by atoms with Crippen molar-refractivity contribution in [3.05, 3.63) is 0 Å². The number of hydrogen-bond donors (Lipinski definition) is 0. The molecular formula is C18H39IO3Si. The van der Waals surface area contributed by atoms with Crippen LogP contribution in [-0.2, 0) is 13.9 Å². The number of ether oxygens (including phenoxy) is 2. The SMILES string of the molecule is CCCCCCCC(I)[SiH2]OC(C)(OCCCC)OCCCC. The van der Waals surface area contributed by atoms with Gasteiger partial charge in [0.25, 0.3) is 5.97 Å². The van der Waals surface area contributed by atoms with Crippen LogP contribution in [0, 0.1) is 0 Å². The molecule has 0 aliphatic rings. The molecule has 0 amide bonds. The van der Waals surface area contributed by atoms with Gasteiger partial charge in [0.1, 0.15) is 0 Å². The molecule has 0 saturated carbocycles. The Morgan fingerprint density at radius 1 is 0.826 bits per heavy atom. The van der Waals surface area contributed by atoms with E-state index in [1.54, 1.807) is 0 Å². The Hall–Kier alpha value is 0.827. The molecule has 0 aromatic rings. The monoisotopic (exact) mass is 458 g/mol. The maximum atomic E-state index is 6.15. The first-order chi connectivity index (χ1) is 11.1. The molecule has 0 spiro atoms. The molecule has 1 unspecified atom stereocenters. The predicted octanol–water partition coefficient (Wildman–Crippen LogP) is 5.52. The molecule has 23 heavy (non-hydrogen) atoms. The van der Waals surface area contributed by atoms with Gasteiger partial charge in [-0.15, -0.1) is 0 Å². The van der Waals surface area contributed by atoms with Gasteiger partial charge in [-0.3, -0.25) is 0 Å². The fourth-order valence-corrected chi connectivity index (χ4v) is 4.31. The van der Waals surface area contributed by atoms with Gasteiger partial charge >= 0.3 is 0 Å². The third kappa shape index (κ3) is 14.8. The first-order valence-electron chi connectivity index (χ1n) is 9.63. The second-order valence-corrected chi connectivity index (χ2v) is 11.4. The van der Waals surface area contributed by atoms with Crippen LogP contribution >= 0.6 is 22.6 Å². The van der Waals surface area contributed by atoms with Gasteiger partial charge in [0.2, 0.25) is 0 Å². The molecule has 0 fully saturated rings. The number of hydrogen-bond acceptors (Lipinski definition) is 3. The molecule has 0 N–H and O–H groups in total. The molecular weight excluding hydrogens is 419 g/mol. The maximum Gasteiger partial charge on any atom is 0.269 e. The second kappa shape index (κ2) is 16.3. The Morgan fingerprint density at radius 2 is 1.35 bits per heavy atom. The van der Waals surface area contributed by atoms with Gasteiger partial charge in [-0.1, -0.05) is 88.3 Å². The Balaban J connectivity index is 4.03. The molecule has 0 heterocycles. The summed E-state index contributed by atoms with van der Waals surface area (Å²) in [5.74, 6) is -0.817. The zero-order valence-corrected chi connectivity index (χ0v) is 19.4. The van der Waals surface area contributed by atoms with Crippen LogP contribution in [0.15, 0.2) is 0 Å². The van der Waals surface area contributed by atoms with E-state index in [2.05, 4.69) is 43.4 Å². The van der Waals surface area contributed by atoms with Gasteiger partial charge in [-0.25, -0.2) is 0 Å². The summed E-state index contributed by atoms with van der Waals surface area (Å²) in [6, 6.07) is 0. The molecule has 0 aromatic carbocycles. The Kier molecular flexibility index (Phi) is 16.9. The van der Waals surface area contributed by atoms with E-state index in [0.29, 0.717) is 3.55 Å². The van der Waals surface area contributed by atoms with Gasteiger partial charge in [0, 0.05) is 10.5 Å². The quantitative estimate of drug-likeness (QED) is 0.0945. The van der Waals surface area contributed by atoms with Crippen molar-refractivity contribution in [1.29, 1.82) is 0 Å². The van der Waals surface area contributed by atoms with Crippen LogP contribution in [0.4, 0.5) is 0 Å². The third-order valence-corrected chi connectivity index (χ3v) is 7.03. The summed E-state index contributed by atoms with van der Waals surface area (Å²) in [5.41, 5.74) is 0. The normalized spacial score (nSPS) is 14.0. The topological polar surface area (TPSA) is 27.7 Å². The van der Waals surface area contributed by atoms with E-state index < -0.39 is 15.7 Å². The minimum absolute atomic E-state index is 0.640. The Labute approximate surface area is 160 Å². The highest BCUT2D eigenvalue weighted by molar-refractivity contribution is 14.1. The van der Waals surface area contributed by atoms with Crippen molar-refractivity contribution < 1.29 is 13.9 Å². The highest BCUT2D eigenvalue weighted by Gasteiger charge is 2.27. The summed E-state index contributed by atoms with van der Waals surface area (Å²) in [5, 5.41) is 0. The fraction of sp³-hybridized carbons (Fsp3) is 1.00. The lowest BCUT2D eigenvalue weighted by Gasteiger charge is -2.31. The van der Waals surface area contributed by atoms with E-state index in [4.69, 9.17) is 13.9 Å². The summed E-state index contributed by atoms with van der Waals surface area (Å²) in [4.78, 5) is 0. The molecule has 0 bridgehead atoms. The molecule has 0 aromatic heterocycles. The van der Waals surface area contributed by atoms with Crippen molar-refractivity contribution in [3.63, 3.8) is 0 Å². The van der Waals surface area contributed by atoms with E-state index in [-0.39, 0.29) is 0 Å². The van der Waals surface area contributed by atoms with Crippen molar-refractivity contribution in [1.82, 2.24) is 0 Å². The molecule has 5 heteroatoms. The predicted molar refractivity (Wildman–Crippen MR) is 111 cm³/mol. The Morgan fingerprint density at radius 3 is 1.87 bits per heavy atom. The summed E-state index contributed by atoms with van der Waals surface area (Å²) >= 11 is 2.56. The van der Waals surface area contributed by atoms with Crippen LogP contribution in [-0.4, -0.2) is 32.5 Å². The second-order valence-electron chi connectivity index (χ2n) is 6.38. The highest BCUT2D eigenvalue weighted by atomic mass is 127. The molecule has 0 aliphatic heterocycles. The van der Waals surface area contributed by atoms with Gasteiger partial charge < -0.3 is 13.9 Å². The average Bonchev–Trinajstić information content (AvgIpc) is 2.53. The van der Waals surface area contributed by atoms with E-state index in [9.17, 15) is 0 Å². The minimum atomic E-state index is -0.817. The van der Waals surface area contributed by atoms with E-state index in [0.717, 1.165) is 38.9 Å². The van der Waals surface area contributed by atoms with Crippen LogP contribution in [0.25, 0.3) is 0 Å². The fourth-order valence-electron chi connectivity index (χ4n) is 2.22. The lowest BCUT2D eigenvalue weighted by molar-refractivity contribution is -0.334. The van der Waals surface area contributed by atoms with E-state index in [1.165, 1.54) is 38.5 Å². The summed E-state index contributed by atoms with van der Waals surface area (Å²) in [7, 11) is -0.640. The maximum absolute atomic E-state index is 6.15. The van der Waals surface area contributed by atoms with Crippen LogP contribution < -0.4 is 0 Å². The van der Waals surface area contributed by atoms with Crippen LogP contribution in [0.2, 0.25) is 0 Å². The lowest BCUT2D eigenvalue weighted by atomic mass is 10.1.